The van der Waals surface area contributed by atoms with Crippen LogP contribution in [-0.2, 0) is 16.6 Å². The first kappa shape index (κ1) is 20.3. The van der Waals surface area contributed by atoms with E-state index in [1.807, 2.05) is 55.5 Å². The second kappa shape index (κ2) is 8.27. The standard InChI is InChI=1S/C24H25BrN2O/c1-16(17-9-12-19(13-10-17)24(2,3)4)26-27-23(28)15-18-11-14-22(25)21-8-6-5-7-20(18)21/h5-14H,15H2,1-4H3,(H,27,28). The van der Waals surface area contributed by atoms with Crippen LogP contribution in [0.4, 0.5) is 0 Å². The Morgan fingerprint density at radius 1 is 0.964 bits per heavy atom. The molecule has 0 radical (unpaired) electrons. The second-order valence-corrected chi connectivity index (χ2v) is 8.84. The zero-order valence-corrected chi connectivity index (χ0v) is 18.3. The predicted molar refractivity (Wildman–Crippen MR) is 121 cm³/mol. The van der Waals surface area contributed by atoms with Crippen LogP contribution in [0, 0.1) is 0 Å². The van der Waals surface area contributed by atoms with Crippen LogP contribution in [0.15, 0.2) is 70.2 Å². The topological polar surface area (TPSA) is 41.5 Å². The first-order valence-corrected chi connectivity index (χ1v) is 10.1. The van der Waals surface area contributed by atoms with E-state index in [0.717, 1.165) is 32.1 Å². The quantitative estimate of drug-likeness (QED) is 0.396. The maximum atomic E-state index is 12.4. The van der Waals surface area contributed by atoms with E-state index in [2.05, 4.69) is 59.4 Å². The van der Waals surface area contributed by atoms with E-state index in [1.54, 1.807) is 0 Å². The van der Waals surface area contributed by atoms with Crippen LogP contribution in [0.2, 0.25) is 0 Å². The van der Waals surface area contributed by atoms with Gasteiger partial charge in [-0.15, -0.1) is 0 Å². The highest BCUT2D eigenvalue weighted by Crippen LogP contribution is 2.27. The molecular formula is C24H25BrN2O. The van der Waals surface area contributed by atoms with Crippen molar-refractivity contribution < 1.29 is 4.79 Å². The molecule has 0 aliphatic rings. The first-order chi connectivity index (χ1) is 13.3. The van der Waals surface area contributed by atoms with E-state index in [1.165, 1.54) is 5.56 Å². The lowest BCUT2D eigenvalue weighted by atomic mass is 9.86. The number of fused-ring (bicyclic) bond motifs is 1. The Kier molecular flexibility index (Phi) is 5.99. The van der Waals surface area contributed by atoms with Crippen molar-refractivity contribution >= 4 is 38.3 Å². The second-order valence-electron chi connectivity index (χ2n) is 7.99. The van der Waals surface area contributed by atoms with E-state index < -0.39 is 0 Å². The van der Waals surface area contributed by atoms with Gasteiger partial charge < -0.3 is 0 Å². The van der Waals surface area contributed by atoms with Gasteiger partial charge in [-0.25, -0.2) is 5.43 Å². The zero-order valence-electron chi connectivity index (χ0n) is 16.7. The minimum atomic E-state index is -0.127. The Morgan fingerprint density at radius 3 is 2.25 bits per heavy atom. The number of hydrogen-bond donors (Lipinski definition) is 1. The summed E-state index contributed by atoms with van der Waals surface area (Å²) in [5, 5.41) is 6.47. The largest absolute Gasteiger partial charge is 0.273 e. The summed E-state index contributed by atoms with van der Waals surface area (Å²) in [6.45, 7) is 8.47. The lowest BCUT2D eigenvalue weighted by Crippen LogP contribution is -2.21. The van der Waals surface area contributed by atoms with Crippen LogP contribution in [0.5, 0.6) is 0 Å². The van der Waals surface area contributed by atoms with Crippen molar-refractivity contribution in [1.82, 2.24) is 5.43 Å². The van der Waals surface area contributed by atoms with Crippen LogP contribution in [0.25, 0.3) is 10.8 Å². The molecule has 3 aromatic carbocycles. The van der Waals surface area contributed by atoms with Crippen molar-refractivity contribution in [2.45, 2.75) is 39.5 Å². The third kappa shape index (κ3) is 4.68. The van der Waals surface area contributed by atoms with Gasteiger partial charge in [0.15, 0.2) is 0 Å². The highest BCUT2D eigenvalue weighted by molar-refractivity contribution is 9.10. The minimum absolute atomic E-state index is 0.116. The fourth-order valence-electron chi connectivity index (χ4n) is 3.11. The number of carbonyl (C=O) groups excluding carboxylic acids is 1. The Morgan fingerprint density at radius 2 is 1.61 bits per heavy atom. The molecule has 0 aromatic heterocycles. The molecule has 0 unspecified atom stereocenters. The van der Waals surface area contributed by atoms with E-state index in [4.69, 9.17) is 0 Å². The van der Waals surface area contributed by atoms with Crippen molar-refractivity contribution in [3.8, 4) is 0 Å². The Bertz CT molecular complexity index is 1030. The zero-order chi connectivity index (χ0) is 20.3. The molecule has 3 nitrogen and oxygen atoms in total. The fourth-order valence-corrected chi connectivity index (χ4v) is 3.59. The molecule has 0 aliphatic carbocycles. The smallest absolute Gasteiger partial charge is 0.244 e. The van der Waals surface area contributed by atoms with Gasteiger partial charge in [-0.2, -0.15) is 5.10 Å². The van der Waals surface area contributed by atoms with Crippen molar-refractivity contribution in [2.24, 2.45) is 5.10 Å². The average molecular weight is 437 g/mol. The number of nitrogens with one attached hydrogen (secondary N) is 1. The number of benzene rings is 3. The van der Waals surface area contributed by atoms with Gasteiger partial charge >= 0.3 is 0 Å². The molecule has 0 saturated heterocycles. The van der Waals surface area contributed by atoms with Gasteiger partial charge in [0.2, 0.25) is 5.91 Å². The molecule has 1 amide bonds. The number of carbonyl (C=O) groups is 1. The molecule has 0 atom stereocenters. The summed E-state index contributed by atoms with van der Waals surface area (Å²) >= 11 is 3.57. The number of halogens is 1. The lowest BCUT2D eigenvalue weighted by molar-refractivity contribution is -0.120. The Labute approximate surface area is 175 Å². The van der Waals surface area contributed by atoms with Crippen LogP contribution < -0.4 is 5.43 Å². The molecule has 0 fully saturated rings. The van der Waals surface area contributed by atoms with Crippen LogP contribution >= 0.6 is 15.9 Å². The Hall–Kier alpha value is -2.46. The van der Waals surface area contributed by atoms with Gasteiger partial charge in [-0.05, 0) is 45.9 Å². The third-order valence-corrected chi connectivity index (χ3v) is 5.52. The first-order valence-electron chi connectivity index (χ1n) is 9.36. The molecule has 28 heavy (non-hydrogen) atoms. The van der Waals surface area contributed by atoms with Gasteiger partial charge in [-0.1, -0.05) is 91.3 Å². The highest BCUT2D eigenvalue weighted by atomic mass is 79.9. The third-order valence-electron chi connectivity index (χ3n) is 4.83. The van der Waals surface area contributed by atoms with Gasteiger partial charge in [0, 0.05) is 4.47 Å². The number of amides is 1. The van der Waals surface area contributed by atoms with E-state index in [-0.39, 0.29) is 17.7 Å². The summed E-state index contributed by atoms with van der Waals surface area (Å²) in [6.07, 6.45) is 0.285. The maximum Gasteiger partial charge on any atom is 0.244 e. The number of hydrogen-bond acceptors (Lipinski definition) is 2. The van der Waals surface area contributed by atoms with Gasteiger partial charge in [0.25, 0.3) is 0 Å². The predicted octanol–water partition coefficient (Wildman–Crippen LogP) is 5.98. The fraction of sp³-hybridized carbons (Fsp3) is 0.250. The SMILES string of the molecule is CC(=NNC(=O)Cc1ccc(Br)c2ccccc12)c1ccc(C(C)(C)C)cc1. The highest BCUT2D eigenvalue weighted by Gasteiger charge is 2.13. The van der Waals surface area contributed by atoms with Crippen LogP contribution in [0.3, 0.4) is 0 Å². The molecular weight excluding hydrogens is 412 g/mol. The number of rotatable bonds is 4. The molecule has 0 saturated carbocycles. The van der Waals surface area contributed by atoms with Gasteiger partial charge in [-0.3, -0.25) is 4.79 Å². The van der Waals surface area contributed by atoms with Crippen molar-refractivity contribution in [2.75, 3.05) is 0 Å². The van der Waals surface area contributed by atoms with E-state index in [9.17, 15) is 4.79 Å². The summed E-state index contributed by atoms with van der Waals surface area (Å²) in [6, 6.07) is 20.4. The average Bonchev–Trinajstić information content (AvgIpc) is 2.68. The maximum absolute atomic E-state index is 12.4. The molecule has 4 heteroatoms. The van der Waals surface area contributed by atoms with Gasteiger partial charge in [0.1, 0.15) is 0 Å². The van der Waals surface area contributed by atoms with E-state index >= 15 is 0 Å². The normalized spacial score (nSPS) is 12.2. The summed E-state index contributed by atoms with van der Waals surface area (Å²) in [5.74, 6) is -0.127. The lowest BCUT2D eigenvalue weighted by Gasteiger charge is -2.19. The van der Waals surface area contributed by atoms with Crippen molar-refractivity contribution in [3.05, 3.63) is 81.8 Å². The molecule has 1 N–H and O–H groups in total. The van der Waals surface area contributed by atoms with Gasteiger partial charge in [0.05, 0.1) is 12.1 Å². The summed E-state index contributed by atoms with van der Waals surface area (Å²) in [4.78, 5) is 12.4. The molecule has 0 bridgehead atoms. The summed E-state index contributed by atoms with van der Waals surface area (Å²) < 4.78 is 1.03. The van der Waals surface area contributed by atoms with Crippen molar-refractivity contribution in [3.63, 3.8) is 0 Å². The number of nitrogens with zero attached hydrogens (tertiary/aromatic N) is 1. The molecule has 0 aliphatic heterocycles. The molecule has 0 spiro atoms. The molecule has 3 aromatic rings. The van der Waals surface area contributed by atoms with E-state index in [0.29, 0.717) is 0 Å². The minimum Gasteiger partial charge on any atom is -0.273 e. The number of hydrazone groups is 1. The Balaban J connectivity index is 1.71. The van der Waals surface area contributed by atoms with Crippen molar-refractivity contribution in [1.29, 1.82) is 0 Å². The summed E-state index contributed by atoms with van der Waals surface area (Å²) in [5.41, 5.74) is 6.85. The molecule has 0 heterocycles. The van der Waals surface area contributed by atoms with Crippen LogP contribution in [-0.4, -0.2) is 11.6 Å². The monoisotopic (exact) mass is 436 g/mol. The molecule has 3 rings (SSSR count). The summed E-state index contributed by atoms with van der Waals surface area (Å²) in [7, 11) is 0. The van der Waals surface area contributed by atoms with Crippen LogP contribution in [0.1, 0.15) is 44.4 Å². The molecule has 144 valence electrons.